The second-order valence-electron chi connectivity index (χ2n) is 8.61. The van der Waals surface area contributed by atoms with Gasteiger partial charge in [-0.3, -0.25) is 4.79 Å². The fourth-order valence-corrected chi connectivity index (χ4v) is 4.39. The van der Waals surface area contributed by atoms with Crippen LogP contribution in [0.15, 0.2) is 48.5 Å². The Morgan fingerprint density at radius 1 is 0.967 bits per heavy atom. The van der Waals surface area contributed by atoms with Crippen molar-refractivity contribution in [3.63, 3.8) is 0 Å². The van der Waals surface area contributed by atoms with Crippen molar-refractivity contribution >= 4 is 17.3 Å². The fraction of sp³-hybridized carbons (Fsp3) is 0.480. The number of hydrogen-bond acceptors (Lipinski definition) is 4. The highest BCUT2D eigenvalue weighted by Crippen LogP contribution is 2.25. The first-order valence-corrected chi connectivity index (χ1v) is 11.1. The van der Waals surface area contributed by atoms with E-state index in [-0.39, 0.29) is 5.91 Å². The maximum absolute atomic E-state index is 13.0. The number of carbonyl (C=O) groups is 1. The normalized spacial score (nSPS) is 17.8. The van der Waals surface area contributed by atoms with Crippen LogP contribution in [0.1, 0.15) is 35.7 Å². The van der Waals surface area contributed by atoms with Crippen molar-refractivity contribution in [2.75, 3.05) is 56.2 Å². The minimum Gasteiger partial charge on any atom is -0.378 e. The third-order valence-corrected chi connectivity index (χ3v) is 6.36. The minimum atomic E-state index is 0.0607. The van der Waals surface area contributed by atoms with E-state index >= 15 is 0 Å². The van der Waals surface area contributed by atoms with Crippen molar-refractivity contribution in [1.29, 1.82) is 0 Å². The lowest BCUT2D eigenvalue weighted by Crippen LogP contribution is -2.37. The molecule has 0 saturated carbocycles. The first-order valence-electron chi connectivity index (χ1n) is 11.1. The number of nitrogens with zero attached hydrogens (tertiary/aromatic N) is 3. The highest BCUT2D eigenvalue weighted by atomic mass is 16.5. The van der Waals surface area contributed by atoms with Gasteiger partial charge in [0, 0.05) is 56.7 Å². The second kappa shape index (κ2) is 9.52. The Bertz CT molecular complexity index is 838. The molecule has 0 spiro atoms. The Balaban J connectivity index is 1.42. The van der Waals surface area contributed by atoms with E-state index in [0.29, 0.717) is 6.54 Å². The number of rotatable bonds is 5. The average molecular weight is 408 g/mol. The van der Waals surface area contributed by atoms with Crippen LogP contribution in [-0.4, -0.2) is 57.2 Å². The van der Waals surface area contributed by atoms with E-state index in [0.717, 1.165) is 50.9 Å². The first-order chi connectivity index (χ1) is 14.6. The third-order valence-electron chi connectivity index (χ3n) is 6.36. The summed E-state index contributed by atoms with van der Waals surface area (Å²) in [7, 11) is 1.89. The molecule has 5 heteroatoms. The zero-order chi connectivity index (χ0) is 20.9. The molecule has 0 unspecified atom stereocenters. The molecular formula is C25H33N3O2. The molecule has 2 aromatic carbocycles. The maximum Gasteiger partial charge on any atom is 0.253 e. The Morgan fingerprint density at radius 3 is 2.33 bits per heavy atom. The molecule has 0 atom stereocenters. The van der Waals surface area contributed by atoms with Crippen molar-refractivity contribution in [2.24, 2.45) is 5.92 Å². The molecule has 0 bridgehead atoms. The lowest BCUT2D eigenvalue weighted by atomic mass is 9.98. The topological polar surface area (TPSA) is 36.0 Å². The van der Waals surface area contributed by atoms with Gasteiger partial charge in [-0.15, -0.1) is 0 Å². The molecule has 5 nitrogen and oxygen atoms in total. The predicted molar refractivity (Wildman–Crippen MR) is 122 cm³/mol. The largest absolute Gasteiger partial charge is 0.378 e. The van der Waals surface area contributed by atoms with Gasteiger partial charge in [-0.05, 0) is 54.7 Å². The van der Waals surface area contributed by atoms with Gasteiger partial charge in [0.15, 0.2) is 0 Å². The lowest BCUT2D eigenvalue weighted by molar-refractivity contribution is 0.0785. The fourth-order valence-electron chi connectivity index (χ4n) is 4.39. The summed E-state index contributed by atoms with van der Waals surface area (Å²) >= 11 is 0. The molecule has 2 fully saturated rings. The number of morpholine rings is 1. The molecule has 2 aliphatic heterocycles. The van der Waals surface area contributed by atoms with Gasteiger partial charge in [-0.2, -0.15) is 0 Å². The SMILES string of the molecule is CC1CCN(c2ccc(C(=O)N(C)Cc3ccccc3N3CCOCC3)cc2)CC1. The number of piperidine rings is 1. The second-order valence-corrected chi connectivity index (χ2v) is 8.61. The Morgan fingerprint density at radius 2 is 1.63 bits per heavy atom. The number of benzene rings is 2. The number of hydrogen-bond donors (Lipinski definition) is 0. The van der Waals surface area contributed by atoms with E-state index in [9.17, 15) is 4.79 Å². The van der Waals surface area contributed by atoms with Gasteiger partial charge in [-0.1, -0.05) is 25.1 Å². The van der Waals surface area contributed by atoms with Crippen LogP contribution < -0.4 is 9.80 Å². The summed E-state index contributed by atoms with van der Waals surface area (Å²) in [5.74, 6) is 0.877. The summed E-state index contributed by atoms with van der Waals surface area (Å²) in [4.78, 5) is 19.6. The number of amides is 1. The van der Waals surface area contributed by atoms with Crippen LogP contribution in [0.3, 0.4) is 0 Å². The van der Waals surface area contributed by atoms with Crippen LogP contribution in [0.2, 0.25) is 0 Å². The highest BCUT2D eigenvalue weighted by Gasteiger charge is 2.19. The van der Waals surface area contributed by atoms with Gasteiger partial charge in [0.05, 0.1) is 13.2 Å². The van der Waals surface area contributed by atoms with Gasteiger partial charge >= 0.3 is 0 Å². The minimum absolute atomic E-state index is 0.0607. The lowest BCUT2D eigenvalue weighted by Gasteiger charge is -2.32. The van der Waals surface area contributed by atoms with E-state index in [1.165, 1.54) is 29.8 Å². The van der Waals surface area contributed by atoms with Gasteiger partial charge in [0.2, 0.25) is 0 Å². The van der Waals surface area contributed by atoms with E-state index in [4.69, 9.17) is 4.74 Å². The molecular weight excluding hydrogens is 374 g/mol. The summed E-state index contributed by atoms with van der Waals surface area (Å²) in [5, 5.41) is 0. The molecule has 4 rings (SSSR count). The van der Waals surface area contributed by atoms with Crippen molar-refractivity contribution in [2.45, 2.75) is 26.3 Å². The van der Waals surface area contributed by atoms with Gasteiger partial charge in [0.25, 0.3) is 5.91 Å². The monoisotopic (exact) mass is 407 g/mol. The molecule has 2 heterocycles. The van der Waals surface area contributed by atoms with E-state index in [1.54, 1.807) is 0 Å². The Kier molecular flexibility index (Phi) is 6.58. The van der Waals surface area contributed by atoms with Crippen LogP contribution in [0, 0.1) is 5.92 Å². The quantitative estimate of drug-likeness (QED) is 0.750. The van der Waals surface area contributed by atoms with Crippen LogP contribution in [-0.2, 0) is 11.3 Å². The van der Waals surface area contributed by atoms with Crippen LogP contribution in [0.25, 0.3) is 0 Å². The molecule has 160 valence electrons. The summed E-state index contributed by atoms with van der Waals surface area (Å²) in [6.45, 7) is 8.43. The van der Waals surface area contributed by atoms with Crippen molar-refractivity contribution in [3.8, 4) is 0 Å². The number of anilines is 2. The van der Waals surface area contributed by atoms with Crippen molar-refractivity contribution < 1.29 is 9.53 Å². The van der Waals surface area contributed by atoms with Crippen LogP contribution in [0.5, 0.6) is 0 Å². The smallest absolute Gasteiger partial charge is 0.253 e. The molecule has 0 aliphatic carbocycles. The number of carbonyl (C=O) groups excluding carboxylic acids is 1. The van der Waals surface area contributed by atoms with Gasteiger partial charge in [-0.25, -0.2) is 0 Å². The average Bonchev–Trinajstić information content (AvgIpc) is 2.80. The first kappa shape index (κ1) is 20.7. The third kappa shape index (κ3) is 4.78. The zero-order valence-electron chi connectivity index (χ0n) is 18.2. The van der Waals surface area contributed by atoms with Gasteiger partial charge in [0.1, 0.15) is 0 Å². The summed E-state index contributed by atoms with van der Waals surface area (Å²) in [6.07, 6.45) is 2.48. The molecule has 30 heavy (non-hydrogen) atoms. The molecule has 1 amide bonds. The summed E-state index contributed by atoms with van der Waals surface area (Å²) in [5.41, 5.74) is 4.35. The van der Waals surface area contributed by atoms with E-state index < -0.39 is 0 Å². The predicted octanol–water partition coefficient (Wildman–Crippen LogP) is 4.03. The molecule has 2 saturated heterocycles. The maximum atomic E-state index is 13.0. The molecule has 0 radical (unpaired) electrons. The van der Waals surface area contributed by atoms with E-state index in [2.05, 4.69) is 47.1 Å². The van der Waals surface area contributed by atoms with Crippen molar-refractivity contribution in [1.82, 2.24) is 4.90 Å². The molecule has 2 aromatic rings. The summed E-state index contributed by atoms with van der Waals surface area (Å²) in [6, 6.07) is 16.5. The zero-order valence-corrected chi connectivity index (χ0v) is 18.2. The molecule has 2 aliphatic rings. The van der Waals surface area contributed by atoms with E-state index in [1.807, 2.05) is 30.1 Å². The summed E-state index contributed by atoms with van der Waals surface area (Å²) < 4.78 is 5.49. The molecule has 0 N–H and O–H groups in total. The number of ether oxygens (including phenoxy) is 1. The van der Waals surface area contributed by atoms with Gasteiger partial charge < -0.3 is 19.4 Å². The Hall–Kier alpha value is -2.53. The Labute approximate surface area is 180 Å². The van der Waals surface area contributed by atoms with Crippen molar-refractivity contribution in [3.05, 3.63) is 59.7 Å². The van der Waals surface area contributed by atoms with Crippen LogP contribution >= 0.6 is 0 Å². The van der Waals surface area contributed by atoms with Crippen LogP contribution in [0.4, 0.5) is 11.4 Å². The molecule has 0 aromatic heterocycles. The highest BCUT2D eigenvalue weighted by molar-refractivity contribution is 5.94. The number of para-hydroxylation sites is 1. The standard InChI is InChI=1S/C25H33N3O2/c1-20-11-13-27(14-12-20)23-9-7-21(8-10-23)25(29)26(2)19-22-5-3-4-6-24(22)28-15-17-30-18-16-28/h3-10,20H,11-19H2,1-2H3.